The average molecular weight is 172 g/mol. The third-order valence-electron chi connectivity index (χ3n) is 2.31. The van der Waals surface area contributed by atoms with E-state index in [9.17, 15) is 5.11 Å². The molecule has 3 heteroatoms. The molecule has 1 saturated carbocycles. The summed E-state index contributed by atoms with van der Waals surface area (Å²) in [6.45, 7) is -0.394. The predicted molar refractivity (Wildman–Crippen MR) is 45.8 cm³/mol. The van der Waals surface area contributed by atoms with Gasteiger partial charge in [0.1, 0.15) is 11.9 Å². The van der Waals surface area contributed by atoms with Crippen LogP contribution in [0.5, 0.6) is 0 Å². The number of hydrogen-bond donors (Lipinski definition) is 3. The third-order valence-corrected chi connectivity index (χ3v) is 2.31. The minimum absolute atomic E-state index is 0.00259. The second-order valence-corrected chi connectivity index (χ2v) is 3.25. The van der Waals surface area contributed by atoms with Crippen LogP contribution in [0.1, 0.15) is 32.1 Å². The molecule has 1 aliphatic rings. The number of aliphatic hydroxyl groups is 3. The van der Waals surface area contributed by atoms with E-state index in [-0.39, 0.29) is 5.76 Å². The molecule has 12 heavy (non-hydrogen) atoms. The molecule has 1 fully saturated rings. The molecule has 1 unspecified atom stereocenters. The molecule has 0 spiro atoms. The molecular formula is C9H16O3. The monoisotopic (exact) mass is 172 g/mol. The molecule has 1 rings (SSSR count). The summed E-state index contributed by atoms with van der Waals surface area (Å²) in [6.07, 6.45) is 4.02. The predicted octanol–water partition coefficient (Wildman–Crippen LogP) is 1.12. The van der Waals surface area contributed by atoms with Crippen molar-refractivity contribution in [3.8, 4) is 0 Å². The number of allylic oxidation sites excluding steroid dienone is 1. The largest absolute Gasteiger partial charge is 0.510 e. The lowest BCUT2D eigenvalue weighted by Gasteiger charge is -2.17. The van der Waals surface area contributed by atoms with Crippen molar-refractivity contribution < 1.29 is 15.3 Å². The molecule has 1 atom stereocenters. The summed E-state index contributed by atoms with van der Waals surface area (Å²) >= 11 is 0. The van der Waals surface area contributed by atoms with Gasteiger partial charge in [-0.1, -0.05) is 6.42 Å². The van der Waals surface area contributed by atoms with Gasteiger partial charge in [-0.05, 0) is 31.3 Å². The van der Waals surface area contributed by atoms with Gasteiger partial charge in [-0.3, -0.25) is 0 Å². The SMILES string of the molecule is OCC(O)C(O)=C1CCCCC1. The molecule has 0 amide bonds. The van der Waals surface area contributed by atoms with Crippen molar-refractivity contribution in [2.45, 2.75) is 38.2 Å². The number of hydrogen-bond acceptors (Lipinski definition) is 3. The zero-order valence-corrected chi connectivity index (χ0v) is 7.16. The summed E-state index contributed by atoms with van der Waals surface area (Å²) in [5, 5.41) is 27.1. The Labute approximate surface area is 72.3 Å². The zero-order chi connectivity index (χ0) is 8.97. The fourth-order valence-electron chi connectivity index (χ4n) is 1.56. The minimum atomic E-state index is -1.07. The molecule has 0 heterocycles. The van der Waals surface area contributed by atoms with E-state index in [1.165, 1.54) is 6.42 Å². The molecule has 0 saturated heterocycles. The molecule has 70 valence electrons. The van der Waals surface area contributed by atoms with E-state index in [0.29, 0.717) is 0 Å². The van der Waals surface area contributed by atoms with Crippen LogP contribution < -0.4 is 0 Å². The summed E-state index contributed by atoms with van der Waals surface area (Å²) in [4.78, 5) is 0. The molecule has 0 aliphatic heterocycles. The Morgan fingerprint density at radius 1 is 1.25 bits per heavy atom. The summed E-state index contributed by atoms with van der Waals surface area (Å²) in [6, 6.07) is 0. The molecule has 3 nitrogen and oxygen atoms in total. The van der Waals surface area contributed by atoms with Gasteiger partial charge < -0.3 is 15.3 Å². The highest BCUT2D eigenvalue weighted by Gasteiger charge is 2.15. The van der Waals surface area contributed by atoms with Crippen LogP contribution in [0.2, 0.25) is 0 Å². The molecule has 1 aliphatic carbocycles. The molecular weight excluding hydrogens is 156 g/mol. The highest BCUT2D eigenvalue weighted by atomic mass is 16.3. The van der Waals surface area contributed by atoms with Gasteiger partial charge in [-0.25, -0.2) is 0 Å². The maximum atomic E-state index is 9.41. The van der Waals surface area contributed by atoms with Crippen molar-refractivity contribution in [3.63, 3.8) is 0 Å². The first-order chi connectivity index (χ1) is 5.75. The summed E-state index contributed by atoms with van der Waals surface area (Å²) in [7, 11) is 0. The maximum Gasteiger partial charge on any atom is 0.134 e. The molecule has 0 aromatic rings. The Morgan fingerprint density at radius 3 is 2.33 bits per heavy atom. The lowest BCUT2D eigenvalue weighted by Crippen LogP contribution is -2.17. The zero-order valence-electron chi connectivity index (χ0n) is 7.16. The van der Waals surface area contributed by atoms with E-state index < -0.39 is 12.7 Å². The standard InChI is InChI=1S/C9H16O3/c10-6-8(11)9(12)7-4-2-1-3-5-7/h8,10-12H,1-6H2. The number of aliphatic hydroxyl groups excluding tert-OH is 3. The lowest BCUT2D eigenvalue weighted by atomic mass is 9.93. The Hall–Kier alpha value is -0.540. The van der Waals surface area contributed by atoms with E-state index in [1.807, 2.05) is 0 Å². The normalized spacial score (nSPS) is 20.7. The van der Waals surface area contributed by atoms with Crippen LogP contribution in [-0.4, -0.2) is 28.0 Å². The topological polar surface area (TPSA) is 60.7 Å². The van der Waals surface area contributed by atoms with Crippen molar-refractivity contribution in [2.24, 2.45) is 0 Å². The highest BCUT2D eigenvalue weighted by Crippen LogP contribution is 2.25. The van der Waals surface area contributed by atoms with Gasteiger partial charge in [-0.2, -0.15) is 0 Å². The lowest BCUT2D eigenvalue weighted by molar-refractivity contribution is 0.0843. The molecule has 3 N–H and O–H groups in total. The van der Waals surface area contributed by atoms with Crippen LogP contribution in [0.15, 0.2) is 11.3 Å². The van der Waals surface area contributed by atoms with E-state index in [4.69, 9.17) is 10.2 Å². The van der Waals surface area contributed by atoms with Gasteiger partial charge >= 0.3 is 0 Å². The summed E-state index contributed by atoms with van der Waals surface area (Å²) < 4.78 is 0. The van der Waals surface area contributed by atoms with Crippen LogP contribution in [0.25, 0.3) is 0 Å². The van der Waals surface area contributed by atoms with Crippen LogP contribution in [0.3, 0.4) is 0 Å². The van der Waals surface area contributed by atoms with Crippen LogP contribution in [0.4, 0.5) is 0 Å². The summed E-state index contributed by atoms with van der Waals surface area (Å²) in [5.41, 5.74) is 0.919. The molecule has 0 bridgehead atoms. The second-order valence-electron chi connectivity index (χ2n) is 3.25. The van der Waals surface area contributed by atoms with Gasteiger partial charge in [0.2, 0.25) is 0 Å². The first-order valence-corrected chi connectivity index (χ1v) is 4.45. The van der Waals surface area contributed by atoms with Crippen LogP contribution in [0, 0.1) is 0 Å². The highest BCUT2D eigenvalue weighted by molar-refractivity contribution is 5.12. The molecule has 0 aromatic heterocycles. The van der Waals surface area contributed by atoms with Crippen molar-refractivity contribution in [3.05, 3.63) is 11.3 Å². The number of rotatable bonds is 2. The fourth-order valence-corrected chi connectivity index (χ4v) is 1.56. The molecule has 0 aromatic carbocycles. The third kappa shape index (κ3) is 2.22. The first-order valence-electron chi connectivity index (χ1n) is 4.45. The van der Waals surface area contributed by atoms with E-state index >= 15 is 0 Å². The van der Waals surface area contributed by atoms with E-state index in [2.05, 4.69) is 0 Å². The van der Waals surface area contributed by atoms with Gasteiger partial charge in [0.15, 0.2) is 0 Å². The van der Waals surface area contributed by atoms with Crippen molar-refractivity contribution in [1.29, 1.82) is 0 Å². The smallest absolute Gasteiger partial charge is 0.134 e. The first kappa shape index (κ1) is 9.55. The van der Waals surface area contributed by atoms with Crippen LogP contribution >= 0.6 is 0 Å². The van der Waals surface area contributed by atoms with Crippen molar-refractivity contribution >= 4 is 0 Å². The Morgan fingerprint density at radius 2 is 1.83 bits per heavy atom. The van der Waals surface area contributed by atoms with Gasteiger partial charge in [0, 0.05) is 0 Å². The van der Waals surface area contributed by atoms with E-state index in [0.717, 1.165) is 31.3 Å². The Bertz CT molecular complexity index is 167. The van der Waals surface area contributed by atoms with Crippen molar-refractivity contribution in [1.82, 2.24) is 0 Å². The Kier molecular flexibility index (Phi) is 3.56. The fraction of sp³-hybridized carbons (Fsp3) is 0.778. The quantitative estimate of drug-likeness (QED) is 0.547. The second kappa shape index (κ2) is 4.48. The minimum Gasteiger partial charge on any atom is -0.510 e. The summed E-state index contributed by atoms with van der Waals surface area (Å²) in [5.74, 6) is -0.00259. The Balaban J connectivity index is 2.59. The molecule has 0 radical (unpaired) electrons. The average Bonchev–Trinajstić information content (AvgIpc) is 2.17. The van der Waals surface area contributed by atoms with Crippen molar-refractivity contribution in [2.75, 3.05) is 6.61 Å². The van der Waals surface area contributed by atoms with E-state index in [1.54, 1.807) is 0 Å². The van der Waals surface area contributed by atoms with Gasteiger partial charge in [0.25, 0.3) is 0 Å². The van der Waals surface area contributed by atoms with Gasteiger partial charge in [0.05, 0.1) is 6.61 Å². The van der Waals surface area contributed by atoms with Crippen LogP contribution in [-0.2, 0) is 0 Å². The van der Waals surface area contributed by atoms with Gasteiger partial charge in [-0.15, -0.1) is 0 Å². The maximum absolute atomic E-state index is 9.41.